The maximum absolute atomic E-state index is 3.59. The van der Waals surface area contributed by atoms with Crippen LogP contribution in [0.5, 0.6) is 0 Å². The summed E-state index contributed by atoms with van der Waals surface area (Å²) in [5, 5.41) is 3.58. The minimum absolute atomic E-state index is 0.584. The fourth-order valence-corrected chi connectivity index (χ4v) is 4.43. The highest BCUT2D eigenvalue weighted by Crippen LogP contribution is 2.46. The second-order valence-corrected chi connectivity index (χ2v) is 6.93. The number of fused-ring (bicyclic) bond motifs is 1. The average Bonchev–Trinajstić information content (AvgIpc) is 2.40. The van der Waals surface area contributed by atoms with Gasteiger partial charge in [-0.15, -0.1) is 0 Å². The summed E-state index contributed by atoms with van der Waals surface area (Å²) in [6.45, 7) is 4.79. The van der Waals surface area contributed by atoms with Gasteiger partial charge in [-0.2, -0.15) is 0 Å². The van der Waals surface area contributed by atoms with Gasteiger partial charge in [0.25, 0.3) is 0 Å². The molecule has 1 spiro atoms. The quantitative estimate of drug-likeness (QED) is 0.828. The van der Waals surface area contributed by atoms with Crippen molar-refractivity contribution in [1.29, 1.82) is 0 Å². The molecule has 2 aliphatic rings. The summed E-state index contributed by atoms with van der Waals surface area (Å²) in [6.07, 6.45) is 6.64. The van der Waals surface area contributed by atoms with E-state index in [0.717, 1.165) is 5.92 Å². The van der Waals surface area contributed by atoms with Gasteiger partial charge >= 0.3 is 0 Å². The van der Waals surface area contributed by atoms with Crippen molar-refractivity contribution < 1.29 is 0 Å². The van der Waals surface area contributed by atoms with Crippen molar-refractivity contribution in [3.63, 3.8) is 0 Å². The summed E-state index contributed by atoms with van der Waals surface area (Å²) < 4.78 is 1.23. The van der Waals surface area contributed by atoms with Gasteiger partial charge in [-0.25, -0.2) is 0 Å². The molecule has 0 aromatic heterocycles. The molecule has 1 fully saturated rings. The van der Waals surface area contributed by atoms with E-state index >= 15 is 0 Å². The SMILES string of the molecule is CCC1CNCCC12CCc1cc(Br)ccc1C2. The maximum Gasteiger partial charge on any atom is 0.0178 e. The smallest absolute Gasteiger partial charge is 0.0178 e. The molecule has 3 rings (SSSR count). The van der Waals surface area contributed by atoms with Crippen LogP contribution in [0.15, 0.2) is 22.7 Å². The molecule has 2 atom stereocenters. The summed E-state index contributed by atoms with van der Waals surface area (Å²) in [5.74, 6) is 0.864. The third-order valence-electron chi connectivity index (χ3n) is 5.15. The highest BCUT2D eigenvalue weighted by Gasteiger charge is 2.41. The van der Waals surface area contributed by atoms with Gasteiger partial charge in [0.05, 0.1) is 0 Å². The molecule has 1 heterocycles. The normalized spacial score (nSPS) is 31.3. The van der Waals surface area contributed by atoms with Gasteiger partial charge in [0.15, 0.2) is 0 Å². The molecule has 1 aliphatic heterocycles. The largest absolute Gasteiger partial charge is 0.316 e. The minimum Gasteiger partial charge on any atom is -0.316 e. The second-order valence-electron chi connectivity index (χ2n) is 6.01. The number of benzene rings is 1. The molecule has 0 bridgehead atoms. The summed E-state index contributed by atoms with van der Waals surface area (Å²) in [4.78, 5) is 0. The van der Waals surface area contributed by atoms with Gasteiger partial charge in [0.1, 0.15) is 0 Å². The summed E-state index contributed by atoms with van der Waals surface area (Å²) in [5.41, 5.74) is 3.76. The summed E-state index contributed by atoms with van der Waals surface area (Å²) >= 11 is 3.59. The first kappa shape index (κ1) is 12.7. The first-order chi connectivity index (χ1) is 8.73. The van der Waals surface area contributed by atoms with Crippen molar-refractivity contribution in [2.75, 3.05) is 13.1 Å². The lowest BCUT2D eigenvalue weighted by atomic mass is 9.60. The van der Waals surface area contributed by atoms with Crippen LogP contribution in [0.4, 0.5) is 0 Å². The van der Waals surface area contributed by atoms with Crippen molar-refractivity contribution in [3.05, 3.63) is 33.8 Å². The van der Waals surface area contributed by atoms with E-state index in [1.807, 2.05) is 0 Å². The van der Waals surface area contributed by atoms with E-state index in [4.69, 9.17) is 0 Å². The van der Waals surface area contributed by atoms with E-state index in [9.17, 15) is 0 Å². The molecule has 0 amide bonds. The number of aryl methyl sites for hydroxylation is 1. The Kier molecular flexibility index (Phi) is 3.50. The Bertz CT molecular complexity index is 443. The van der Waals surface area contributed by atoms with Crippen LogP contribution in [0, 0.1) is 11.3 Å². The molecule has 1 nitrogen and oxygen atoms in total. The van der Waals surface area contributed by atoms with Crippen LogP contribution < -0.4 is 5.32 Å². The highest BCUT2D eigenvalue weighted by molar-refractivity contribution is 9.10. The fourth-order valence-electron chi connectivity index (χ4n) is 4.02. The van der Waals surface area contributed by atoms with Crippen LogP contribution >= 0.6 is 15.9 Å². The lowest BCUT2D eigenvalue weighted by Crippen LogP contribution is -2.47. The molecule has 1 aliphatic carbocycles. The Morgan fingerprint density at radius 2 is 2.22 bits per heavy atom. The third kappa shape index (κ3) is 2.14. The van der Waals surface area contributed by atoms with E-state index in [1.54, 1.807) is 11.1 Å². The second kappa shape index (κ2) is 4.97. The number of nitrogens with one attached hydrogen (secondary N) is 1. The predicted octanol–water partition coefficient (Wildman–Crippen LogP) is 3.94. The average molecular weight is 308 g/mol. The molecule has 1 N–H and O–H groups in total. The summed E-state index contributed by atoms with van der Waals surface area (Å²) in [7, 11) is 0. The van der Waals surface area contributed by atoms with Crippen LogP contribution in [0.25, 0.3) is 0 Å². The van der Waals surface area contributed by atoms with Gasteiger partial charge in [-0.3, -0.25) is 0 Å². The number of piperidine rings is 1. The first-order valence-electron chi connectivity index (χ1n) is 7.21. The van der Waals surface area contributed by atoms with E-state index in [-0.39, 0.29) is 0 Å². The molecule has 2 heteroatoms. The van der Waals surface area contributed by atoms with E-state index in [1.165, 1.54) is 49.7 Å². The lowest BCUT2D eigenvalue weighted by molar-refractivity contribution is 0.0849. The number of halogens is 1. The molecule has 1 aromatic carbocycles. The minimum atomic E-state index is 0.584. The molecule has 1 saturated heterocycles. The molecule has 2 unspecified atom stereocenters. The molecule has 98 valence electrons. The zero-order valence-electron chi connectivity index (χ0n) is 11.1. The standard InChI is InChI=1S/C16H22BrN/c1-2-14-11-18-8-7-16(14)6-5-12-9-15(17)4-3-13(12)10-16/h3-4,9,14,18H,2,5-8,10-11H2,1H3. The molecule has 0 radical (unpaired) electrons. The Morgan fingerprint density at radius 3 is 3.06 bits per heavy atom. The van der Waals surface area contributed by atoms with Gasteiger partial charge in [-0.05, 0) is 73.4 Å². The molecule has 1 aromatic rings. The molecule has 0 saturated carbocycles. The number of hydrogen-bond donors (Lipinski definition) is 1. The van der Waals surface area contributed by atoms with Crippen molar-refractivity contribution in [1.82, 2.24) is 5.32 Å². The molecule has 18 heavy (non-hydrogen) atoms. The van der Waals surface area contributed by atoms with Crippen LogP contribution in [-0.2, 0) is 12.8 Å². The zero-order chi connectivity index (χ0) is 12.6. The first-order valence-corrected chi connectivity index (χ1v) is 8.01. The Morgan fingerprint density at radius 1 is 1.33 bits per heavy atom. The van der Waals surface area contributed by atoms with Crippen molar-refractivity contribution in [3.8, 4) is 0 Å². The molecular formula is C16H22BrN. The lowest BCUT2D eigenvalue weighted by Gasteiger charge is -2.47. The number of hydrogen-bond acceptors (Lipinski definition) is 1. The van der Waals surface area contributed by atoms with Gasteiger partial charge in [0, 0.05) is 4.47 Å². The van der Waals surface area contributed by atoms with Crippen LogP contribution in [0.2, 0.25) is 0 Å². The predicted molar refractivity (Wildman–Crippen MR) is 79.9 cm³/mol. The Labute approximate surface area is 118 Å². The van der Waals surface area contributed by atoms with Gasteiger partial charge in [-0.1, -0.05) is 35.3 Å². The van der Waals surface area contributed by atoms with Crippen LogP contribution in [-0.4, -0.2) is 13.1 Å². The van der Waals surface area contributed by atoms with E-state index in [0.29, 0.717) is 5.41 Å². The van der Waals surface area contributed by atoms with Gasteiger partial charge in [0.2, 0.25) is 0 Å². The van der Waals surface area contributed by atoms with E-state index in [2.05, 4.69) is 46.4 Å². The van der Waals surface area contributed by atoms with Crippen molar-refractivity contribution >= 4 is 15.9 Å². The zero-order valence-corrected chi connectivity index (χ0v) is 12.7. The van der Waals surface area contributed by atoms with E-state index < -0.39 is 0 Å². The Balaban J connectivity index is 1.90. The van der Waals surface area contributed by atoms with Crippen molar-refractivity contribution in [2.24, 2.45) is 11.3 Å². The summed E-state index contributed by atoms with van der Waals surface area (Å²) in [6, 6.07) is 6.87. The topological polar surface area (TPSA) is 12.0 Å². The van der Waals surface area contributed by atoms with Gasteiger partial charge < -0.3 is 5.32 Å². The highest BCUT2D eigenvalue weighted by atomic mass is 79.9. The Hall–Kier alpha value is -0.340. The monoisotopic (exact) mass is 307 g/mol. The third-order valence-corrected chi connectivity index (χ3v) is 5.65. The van der Waals surface area contributed by atoms with Crippen LogP contribution in [0.3, 0.4) is 0 Å². The fraction of sp³-hybridized carbons (Fsp3) is 0.625. The molecular weight excluding hydrogens is 286 g/mol. The maximum atomic E-state index is 3.59. The van der Waals surface area contributed by atoms with Crippen LogP contribution in [0.1, 0.15) is 37.3 Å². The van der Waals surface area contributed by atoms with Crippen molar-refractivity contribution in [2.45, 2.75) is 39.0 Å². The number of rotatable bonds is 1.